The van der Waals surface area contributed by atoms with Crippen molar-refractivity contribution < 1.29 is 15.9 Å². The van der Waals surface area contributed by atoms with E-state index in [-0.39, 0.29) is 15.9 Å². The summed E-state index contributed by atoms with van der Waals surface area (Å²) in [6.07, 6.45) is 8.70. The third kappa shape index (κ3) is 5.07. The van der Waals surface area contributed by atoms with Crippen LogP contribution in [0.4, 0.5) is 0 Å². The Morgan fingerprint density at radius 2 is 1.19 bits per heavy atom. The van der Waals surface area contributed by atoms with Crippen LogP contribution in [0.3, 0.4) is 0 Å². The zero-order chi connectivity index (χ0) is 14.9. The van der Waals surface area contributed by atoms with E-state index in [1.54, 1.807) is 0 Å². The van der Waals surface area contributed by atoms with Crippen molar-refractivity contribution in [2.75, 3.05) is 0 Å². The quantitative estimate of drug-likeness (QED) is 0.470. The van der Waals surface area contributed by atoms with Gasteiger partial charge >= 0.3 is 35.0 Å². The van der Waals surface area contributed by atoms with Crippen LogP contribution in [0.5, 0.6) is 0 Å². The Morgan fingerprint density at radius 1 is 0.714 bits per heavy atom. The van der Waals surface area contributed by atoms with Gasteiger partial charge in [-0.15, -0.1) is 0 Å². The van der Waals surface area contributed by atoms with Gasteiger partial charge < -0.3 is 0 Å². The van der Waals surface area contributed by atoms with Crippen LogP contribution >= 0.6 is 27.0 Å². The molecule has 1 aliphatic carbocycles. The minimum absolute atomic E-state index is 0.106. The van der Waals surface area contributed by atoms with Crippen LogP contribution in [-0.2, 0) is 15.9 Å². The van der Waals surface area contributed by atoms with Gasteiger partial charge in [0.05, 0.1) is 0 Å². The zero-order valence-electron chi connectivity index (χ0n) is 11.1. The third-order valence-electron chi connectivity index (χ3n) is 2.93. The number of hydrogen-bond donors (Lipinski definition) is 0. The molecule has 0 unspecified atom stereocenters. The number of allylic oxidation sites excluding steroid dienone is 4. The molecule has 0 heterocycles. The zero-order valence-corrected chi connectivity index (χ0v) is 15.1. The molecule has 0 saturated heterocycles. The molecule has 21 heavy (non-hydrogen) atoms. The summed E-state index contributed by atoms with van der Waals surface area (Å²) in [5.74, 6) is 0. The first-order chi connectivity index (χ1) is 10.4. The average molecular weight is 427 g/mol. The molecule has 2 aromatic carbocycles. The van der Waals surface area contributed by atoms with Gasteiger partial charge in [-0.3, -0.25) is 0 Å². The van der Waals surface area contributed by atoms with Crippen molar-refractivity contribution in [1.82, 2.24) is 0 Å². The monoisotopic (exact) mass is 425 g/mol. The number of rotatable bonds is 3. The SMILES string of the molecule is [CH]1C=CC=C1P(c1ccccc1)c1ccccc1.[Cl][Pd][Cl]. The van der Waals surface area contributed by atoms with Gasteiger partial charge in [-0.25, -0.2) is 0 Å². The maximum absolute atomic E-state index is 4.81. The number of halogens is 2. The second-order valence-corrected chi connectivity index (χ2v) is 8.77. The molecule has 1 radical (unpaired) electrons. The topological polar surface area (TPSA) is 0 Å². The van der Waals surface area contributed by atoms with Gasteiger partial charge in [0.1, 0.15) is 0 Å². The maximum atomic E-state index is 4.81. The van der Waals surface area contributed by atoms with Crippen LogP contribution in [0.15, 0.2) is 84.2 Å². The fraction of sp³-hybridized carbons (Fsp3) is 0. The van der Waals surface area contributed by atoms with Gasteiger partial charge in [-0.1, -0.05) is 78.9 Å². The summed E-state index contributed by atoms with van der Waals surface area (Å²) in [7, 11) is 9.22. The first-order valence-corrected chi connectivity index (χ1v) is 11.7. The van der Waals surface area contributed by atoms with Crippen LogP contribution in [0.25, 0.3) is 0 Å². The Labute approximate surface area is 143 Å². The van der Waals surface area contributed by atoms with Gasteiger partial charge in [0.2, 0.25) is 0 Å². The van der Waals surface area contributed by atoms with Crippen molar-refractivity contribution in [3.05, 3.63) is 90.6 Å². The second-order valence-electron chi connectivity index (χ2n) is 4.19. The van der Waals surface area contributed by atoms with E-state index < -0.39 is 7.92 Å². The molecule has 0 amide bonds. The number of hydrogen-bond acceptors (Lipinski definition) is 0. The van der Waals surface area contributed by atoms with Crippen molar-refractivity contribution >= 4 is 37.6 Å². The Bertz CT molecular complexity index is 557. The van der Waals surface area contributed by atoms with Crippen LogP contribution < -0.4 is 10.6 Å². The molecule has 3 rings (SSSR count). The van der Waals surface area contributed by atoms with E-state index in [1.807, 2.05) is 0 Å². The second kappa shape index (κ2) is 9.58. The molecule has 0 N–H and O–H groups in total. The molecule has 0 fully saturated rings. The molecule has 4 heteroatoms. The predicted octanol–water partition coefficient (Wildman–Crippen LogP) is 5.15. The van der Waals surface area contributed by atoms with Crippen LogP contribution in [0, 0.1) is 6.42 Å². The Kier molecular flexibility index (Phi) is 7.73. The first-order valence-electron chi connectivity index (χ1n) is 6.31. The van der Waals surface area contributed by atoms with E-state index in [4.69, 9.17) is 19.1 Å². The van der Waals surface area contributed by atoms with E-state index in [0.29, 0.717) is 0 Å². The molecule has 0 nitrogen and oxygen atoms in total. The molecular weight excluding hydrogens is 412 g/mol. The van der Waals surface area contributed by atoms with Gasteiger partial charge in [0, 0.05) is 6.42 Å². The Morgan fingerprint density at radius 3 is 1.57 bits per heavy atom. The van der Waals surface area contributed by atoms with Crippen LogP contribution in [-0.4, -0.2) is 0 Å². The van der Waals surface area contributed by atoms with Gasteiger partial charge in [-0.05, 0) is 23.8 Å². The summed E-state index contributed by atoms with van der Waals surface area (Å²) < 4.78 is 0. The van der Waals surface area contributed by atoms with E-state index in [2.05, 4.69) is 85.3 Å². The summed E-state index contributed by atoms with van der Waals surface area (Å²) >= 11 is -0.106. The predicted molar refractivity (Wildman–Crippen MR) is 92.3 cm³/mol. The molecule has 0 aliphatic heterocycles. The van der Waals surface area contributed by atoms with E-state index in [0.717, 1.165) is 0 Å². The molecule has 1 aliphatic rings. The number of benzene rings is 2. The summed E-state index contributed by atoms with van der Waals surface area (Å²) in [5.41, 5.74) is 0. The molecule has 0 saturated carbocycles. The molecular formula is C17H14Cl2PPd. The Hall–Kier alpha value is -0.408. The van der Waals surface area contributed by atoms with Crippen molar-refractivity contribution in [3.63, 3.8) is 0 Å². The van der Waals surface area contributed by atoms with Gasteiger partial charge in [0.15, 0.2) is 0 Å². The fourth-order valence-electron chi connectivity index (χ4n) is 2.11. The molecule has 0 spiro atoms. The van der Waals surface area contributed by atoms with E-state index in [1.165, 1.54) is 15.9 Å². The van der Waals surface area contributed by atoms with E-state index >= 15 is 0 Å². The molecule has 0 aromatic heterocycles. The van der Waals surface area contributed by atoms with Crippen molar-refractivity contribution in [2.24, 2.45) is 0 Å². The minimum atomic E-state index is -0.409. The average Bonchev–Trinajstić information content (AvgIpc) is 3.05. The summed E-state index contributed by atoms with van der Waals surface area (Å²) in [5, 5.41) is 4.23. The van der Waals surface area contributed by atoms with Crippen molar-refractivity contribution in [1.29, 1.82) is 0 Å². The van der Waals surface area contributed by atoms with Crippen molar-refractivity contribution in [2.45, 2.75) is 0 Å². The van der Waals surface area contributed by atoms with Crippen LogP contribution in [0.1, 0.15) is 0 Å². The van der Waals surface area contributed by atoms with E-state index in [9.17, 15) is 0 Å². The normalized spacial score (nSPS) is 13.0. The molecule has 111 valence electrons. The summed E-state index contributed by atoms with van der Waals surface area (Å²) in [4.78, 5) is 0. The molecule has 0 atom stereocenters. The standard InChI is InChI=1S/C17H14P.2ClH.Pd/c1-3-9-15(10-4-1)18(17-13-7-8-14-17)16-11-5-2-6-12-16;;;/h1-14H;2*1H;/q;;;+2/p-2. The summed E-state index contributed by atoms with van der Waals surface area (Å²) in [6, 6.07) is 21.6. The first kappa shape index (κ1) is 17.0. The Balaban J connectivity index is 0.000000497. The van der Waals surface area contributed by atoms with Crippen LogP contribution in [0.2, 0.25) is 0 Å². The van der Waals surface area contributed by atoms with Gasteiger partial charge in [-0.2, -0.15) is 0 Å². The molecule has 2 aromatic rings. The van der Waals surface area contributed by atoms with Gasteiger partial charge in [0.25, 0.3) is 0 Å². The fourth-order valence-corrected chi connectivity index (χ4v) is 4.42. The molecule has 0 bridgehead atoms. The third-order valence-corrected chi connectivity index (χ3v) is 5.38. The van der Waals surface area contributed by atoms with Crippen molar-refractivity contribution in [3.8, 4) is 0 Å². The summed E-state index contributed by atoms with van der Waals surface area (Å²) in [6.45, 7) is 0.